The lowest BCUT2D eigenvalue weighted by molar-refractivity contribution is 0.670. The van der Waals surface area contributed by atoms with E-state index in [1.54, 1.807) is 0 Å². The van der Waals surface area contributed by atoms with Crippen LogP contribution >= 0.6 is 0 Å². The van der Waals surface area contributed by atoms with Gasteiger partial charge in [0, 0.05) is 33.0 Å². The zero-order valence-corrected chi connectivity index (χ0v) is 29.6. The van der Waals surface area contributed by atoms with Gasteiger partial charge in [-0.15, -0.1) is 0 Å². The van der Waals surface area contributed by atoms with Crippen molar-refractivity contribution in [2.75, 3.05) is 0 Å². The Kier molecular flexibility index (Phi) is 7.83. The van der Waals surface area contributed by atoms with Crippen molar-refractivity contribution in [3.05, 3.63) is 194 Å². The first-order valence-corrected chi connectivity index (χ1v) is 18.3. The van der Waals surface area contributed by atoms with Gasteiger partial charge in [0.25, 0.3) is 0 Å². The van der Waals surface area contributed by atoms with Crippen molar-refractivity contribution in [1.29, 1.82) is 5.26 Å². The minimum absolute atomic E-state index is 0.602. The summed E-state index contributed by atoms with van der Waals surface area (Å²) in [7, 11) is 0. The van der Waals surface area contributed by atoms with Gasteiger partial charge in [0.1, 0.15) is 11.2 Å². The number of hydrogen-bond donors (Lipinski definition) is 0. The Morgan fingerprint density at radius 3 is 1.71 bits per heavy atom. The van der Waals surface area contributed by atoms with Gasteiger partial charge >= 0.3 is 0 Å². The number of furan rings is 1. The van der Waals surface area contributed by atoms with Crippen LogP contribution in [-0.2, 0) is 0 Å². The summed E-state index contributed by atoms with van der Waals surface area (Å²) in [6.45, 7) is 0. The van der Waals surface area contributed by atoms with Crippen molar-refractivity contribution in [2.24, 2.45) is 0 Å². The molecule has 4 nitrogen and oxygen atoms in total. The molecule has 0 bridgehead atoms. The van der Waals surface area contributed by atoms with Crippen molar-refractivity contribution in [2.45, 2.75) is 0 Å². The zero-order valence-electron chi connectivity index (χ0n) is 29.6. The molecule has 0 N–H and O–H groups in total. The Balaban J connectivity index is 1.00. The normalized spacial score (nSPS) is 11.3. The first kappa shape index (κ1) is 32.1. The number of aromatic nitrogens is 2. The van der Waals surface area contributed by atoms with Crippen LogP contribution in [0.4, 0.5) is 0 Å². The molecule has 0 saturated carbocycles. The Hall–Kier alpha value is -7.61. The van der Waals surface area contributed by atoms with E-state index in [2.05, 4.69) is 115 Å². The number of benzene rings is 8. The summed E-state index contributed by atoms with van der Waals surface area (Å²) in [4.78, 5) is 9.95. The quantitative estimate of drug-likeness (QED) is 0.173. The van der Waals surface area contributed by atoms with Crippen molar-refractivity contribution in [3.63, 3.8) is 0 Å². The van der Waals surface area contributed by atoms with Gasteiger partial charge in [-0.1, -0.05) is 146 Å². The van der Waals surface area contributed by atoms with Crippen molar-refractivity contribution in [1.82, 2.24) is 9.97 Å². The molecule has 256 valence electrons. The van der Waals surface area contributed by atoms with E-state index in [9.17, 15) is 5.26 Å². The second kappa shape index (κ2) is 13.4. The van der Waals surface area contributed by atoms with E-state index in [1.807, 2.05) is 78.9 Å². The van der Waals surface area contributed by atoms with E-state index < -0.39 is 0 Å². The first-order chi connectivity index (χ1) is 27.2. The Morgan fingerprint density at radius 2 is 0.982 bits per heavy atom. The smallest absolute Gasteiger partial charge is 0.160 e. The molecule has 10 aromatic rings. The SMILES string of the molecule is N#Cc1cc(-c2ccc3ccc(-c4ccc(-c5cc(-c6ccccc6)nc(-c6ccccc6)n5)cc4)cc3c2)cc(-c2cccc3c2oc2ccccc23)c1. The lowest BCUT2D eigenvalue weighted by atomic mass is 9.93. The lowest BCUT2D eigenvalue weighted by Crippen LogP contribution is -1.95. The maximum absolute atomic E-state index is 10.1. The highest BCUT2D eigenvalue weighted by atomic mass is 16.3. The molecule has 0 aliphatic heterocycles. The summed E-state index contributed by atoms with van der Waals surface area (Å²) in [6, 6.07) is 66.9. The van der Waals surface area contributed by atoms with E-state index >= 15 is 0 Å². The van der Waals surface area contributed by atoms with E-state index in [4.69, 9.17) is 14.4 Å². The third-order valence-electron chi connectivity index (χ3n) is 10.3. The second-order valence-corrected chi connectivity index (χ2v) is 13.7. The molecule has 0 amide bonds. The Bertz CT molecular complexity index is 3030. The van der Waals surface area contributed by atoms with Crippen molar-refractivity contribution in [3.8, 4) is 73.4 Å². The van der Waals surface area contributed by atoms with Crippen LogP contribution in [0.5, 0.6) is 0 Å². The number of para-hydroxylation sites is 2. The van der Waals surface area contributed by atoms with Crippen LogP contribution in [0.3, 0.4) is 0 Å². The molecule has 0 unspecified atom stereocenters. The summed E-state index contributed by atoms with van der Waals surface area (Å²) >= 11 is 0. The highest BCUT2D eigenvalue weighted by molar-refractivity contribution is 6.09. The average molecular weight is 702 g/mol. The summed E-state index contributed by atoms with van der Waals surface area (Å²) in [6.07, 6.45) is 0. The van der Waals surface area contributed by atoms with Gasteiger partial charge in [-0.25, -0.2) is 9.97 Å². The van der Waals surface area contributed by atoms with Crippen LogP contribution in [0, 0.1) is 11.3 Å². The molecule has 0 atom stereocenters. The summed E-state index contributed by atoms with van der Waals surface area (Å²) in [5, 5.41) is 14.5. The average Bonchev–Trinajstić information content (AvgIpc) is 3.65. The largest absolute Gasteiger partial charge is 0.455 e. The topological polar surface area (TPSA) is 62.7 Å². The molecule has 2 heterocycles. The monoisotopic (exact) mass is 701 g/mol. The fraction of sp³-hybridized carbons (Fsp3) is 0. The second-order valence-electron chi connectivity index (χ2n) is 13.7. The first-order valence-electron chi connectivity index (χ1n) is 18.3. The lowest BCUT2D eigenvalue weighted by Gasteiger charge is -2.11. The van der Waals surface area contributed by atoms with Crippen LogP contribution < -0.4 is 0 Å². The molecule has 0 radical (unpaired) electrons. The fourth-order valence-corrected chi connectivity index (χ4v) is 7.50. The van der Waals surface area contributed by atoms with E-state index in [0.29, 0.717) is 11.4 Å². The zero-order chi connectivity index (χ0) is 36.7. The Morgan fingerprint density at radius 1 is 0.400 bits per heavy atom. The third kappa shape index (κ3) is 6.00. The summed E-state index contributed by atoms with van der Waals surface area (Å²) in [5.74, 6) is 0.699. The predicted molar refractivity (Wildman–Crippen MR) is 224 cm³/mol. The molecule has 0 saturated heterocycles. The molecule has 2 aromatic heterocycles. The van der Waals surface area contributed by atoms with Crippen LogP contribution in [0.15, 0.2) is 192 Å². The molecular weight excluding hydrogens is 671 g/mol. The highest BCUT2D eigenvalue weighted by Crippen LogP contribution is 2.38. The fourth-order valence-electron chi connectivity index (χ4n) is 7.50. The van der Waals surface area contributed by atoms with Crippen molar-refractivity contribution >= 4 is 32.7 Å². The highest BCUT2D eigenvalue weighted by Gasteiger charge is 2.15. The maximum atomic E-state index is 10.1. The molecule has 4 heteroatoms. The molecule has 0 aliphatic carbocycles. The predicted octanol–water partition coefficient (Wildman–Crippen LogP) is 13.4. The van der Waals surface area contributed by atoms with Gasteiger partial charge in [-0.3, -0.25) is 0 Å². The van der Waals surface area contributed by atoms with Gasteiger partial charge < -0.3 is 4.42 Å². The van der Waals surface area contributed by atoms with Crippen LogP contribution in [0.2, 0.25) is 0 Å². The minimum atomic E-state index is 0.602. The molecular formula is C51H31N3O. The molecule has 55 heavy (non-hydrogen) atoms. The molecule has 0 aliphatic rings. The van der Waals surface area contributed by atoms with E-state index in [0.717, 1.165) is 94.2 Å². The molecule has 10 rings (SSSR count). The standard InChI is InChI=1S/C51H31N3O/c52-32-33-26-41(30-43(27-33)44-15-9-16-46-45-14-7-8-17-49(45)55-50(44)46)40-25-21-35-20-24-39(28-42(35)29-40)34-18-22-37(23-19-34)48-31-47(36-10-3-1-4-11-36)53-51(54-48)38-12-5-2-6-13-38/h1-31H. The number of nitriles is 1. The van der Waals surface area contributed by atoms with Gasteiger partial charge in [0.15, 0.2) is 5.82 Å². The third-order valence-corrected chi connectivity index (χ3v) is 10.3. The Labute approximate surface area is 318 Å². The van der Waals surface area contributed by atoms with E-state index in [1.165, 1.54) is 0 Å². The van der Waals surface area contributed by atoms with Crippen LogP contribution in [-0.4, -0.2) is 9.97 Å². The van der Waals surface area contributed by atoms with Crippen LogP contribution in [0.1, 0.15) is 5.56 Å². The number of nitrogens with zero attached hydrogens (tertiary/aromatic N) is 3. The van der Waals surface area contributed by atoms with Crippen LogP contribution in [0.25, 0.3) is 100.0 Å². The van der Waals surface area contributed by atoms with Crippen molar-refractivity contribution < 1.29 is 4.42 Å². The van der Waals surface area contributed by atoms with Gasteiger partial charge in [0.2, 0.25) is 0 Å². The molecule has 0 fully saturated rings. The van der Waals surface area contributed by atoms with Gasteiger partial charge in [-0.2, -0.15) is 5.26 Å². The maximum Gasteiger partial charge on any atom is 0.160 e. The summed E-state index contributed by atoms with van der Waals surface area (Å²) in [5.41, 5.74) is 13.3. The molecule has 0 spiro atoms. The van der Waals surface area contributed by atoms with E-state index in [-0.39, 0.29) is 0 Å². The minimum Gasteiger partial charge on any atom is -0.455 e. The van der Waals surface area contributed by atoms with Gasteiger partial charge in [0.05, 0.1) is 23.0 Å². The summed E-state index contributed by atoms with van der Waals surface area (Å²) < 4.78 is 6.36. The van der Waals surface area contributed by atoms with Gasteiger partial charge in [-0.05, 0) is 81.1 Å². The number of hydrogen-bond acceptors (Lipinski definition) is 4. The molecule has 8 aromatic carbocycles. The number of rotatable bonds is 6. The number of fused-ring (bicyclic) bond motifs is 4.